The molecule has 1 aliphatic heterocycles. The summed E-state index contributed by atoms with van der Waals surface area (Å²) in [5.41, 5.74) is 5.51. The van der Waals surface area contributed by atoms with Crippen molar-refractivity contribution < 1.29 is 0 Å². The minimum atomic E-state index is 0. The lowest BCUT2D eigenvalue weighted by Crippen LogP contribution is -2.23. The largest absolute Gasteiger partial charge is 0.326 e. The smallest absolute Gasteiger partial charge is 0.179 e. The molecule has 1 saturated heterocycles. The fourth-order valence-electron chi connectivity index (χ4n) is 0.878. The average molecular weight is 184 g/mol. The zero-order valence-corrected chi connectivity index (χ0v) is 7.12. The number of hydrogen-bond acceptors (Lipinski definition) is 3. The van der Waals surface area contributed by atoms with Gasteiger partial charge in [0.05, 0.1) is 0 Å². The first-order valence-electron chi connectivity index (χ1n) is 2.73. The molecule has 0 aromatic heterocycles. The van der Waals surface area contributed by atoms with Crippen LogP contribution in [0.4, 0.5) is 0 Å². The molecule has 1 rings (SSSR count). The SMILES string of the molecule is Cl.Cl.N#CN1CC[C@H](N)C1. The summed E-state index contributed by atoms with van der Waals surface area (Å²) in [5.74, 6) is 0. The van der Waals surface area contributed by atoms with Crippen LogP contribution >= 0.6 is 24.8 Å². The van der Waals surface area contributed by atoms with Crippen molar-refractivity contribution in [3.05, 3.63) is 0 Å². The van der Waals surface area contributed by atoms with Crippen LogP contribution < -0.4 is 5.73 Å². The highest BCUT2D eigenvalue weighted by Crippen LogP contribution is 2.03. The topological polar surface area (TPSA) is 53.0 Å². The number of nitriles is 1. The Hall–Kier alpha value is -0.170. The third kappa shape index (κ3) is 3.11. The van der Waals surface area contributed by atoms with E-state index in [1.54, 1.807) is 4.90 Å². The normalized spacial score (nSPS) is 22.4. The molecule has 0 aromatic carbocycles. The molecule has 1 atom stereocenters. The van der Waals surface area contributed by atoms with Gasteiger partial charge in [0.25, 0.3) is 0 Å². The first-order chi connectivity index (χ1) is 3.83. The molecule has 0 unspecified atom stereocenters. The fourth-order valence-corrected chi connectivity index (χ4v) is 0.878. The molecule has 0 saturated carbocycles. The average Bonchev–Trinajstić information content (AvgIpc) is 2.14. The van der Waals surface area contributed by atoms with E-state index in [0.29, 0.717) is 0 Å². The van der Waals surface area contributed by atoms with Crippen molar-refractivity contribution in [3.8, 4) is 6.19 Å². The van der Waals surface area contributed by atoms with Gasteiger partial charge in [-0.15, -0.1) is 24.8 Å². The maximum absolute atomic E-state index is 8.30. The van der Waals surface area contributed by atoms with Gasteiger partial charge in [-0.3, -0.25) is 0 Å². The van der Waals surface area contributed by atoms with Gasteiger partial charge in [0.15, 0.2) is 6.19 Å². The summed E-state index contributed by atoms with van der Waals surface area (Å²) in [6.45, 7) is 1.59. The van der Waals surface area contributed by atoms with E-state index >= 15 is 0 Å². The number of rotatable bonds is 0. The Balaban J connectivity index is 0. The van der Waals surface area contributed by atoms with Gasteiger partial charge in [0.2, 0.25) is 0 Å². The van der Waals surface area contributed by atoms with Crippen LogP contribution in [-0.4, -0.2) is 24.0 Å². The van der Waals surface area contributed by atoms with E-state index in [1.807, 2.05) is 6.19 Å². The monoisotopic (exact) mass is 183 g/mol. The van der Waals surface area contributed by atoms with Crippen LogP contribution in [-0.2, 0) is 0 Å². The summed E-state index contributed by atoms with van der Waals surface area (Å²) in [6, 6.07) is 0.231. The van der Waals surface area contributed by atoms with Gasteiger partial charge < -0.3 is 10.6 Å². The quantitative estimate of drug-likeness (QED) is 0.552. The van der Waals surface area contributed by atoms with Crippen LogP contribution in [0.2, 0.25) is 0 Å². The summed E-state index contributed by atoms with van der Waals surface area (Å²) in [7, 11) is 0. The second-order valence-electron chi connectivity index (χ2n) is 2.09. The van der Waals surface area contributed by atoms with Crippen LogP contribution in [0.25, 0.3) is 0 Å². The molecule has 5 heteroatoms. The van der Waals surface area contributed by atoms with Gasteiger partial charge >= 0.3 is 0 Å². The number of hydrogen-bond donors (Lipinski definition) is 1. The summed E-state index contributed by atoms with van der Waals surface area (Å²) in [4.78, 5) is 1.69. The first-order valence-corrected chi connectivity index (χ1v) is 2.73. The highest BCUT2D eigenvalue weighted by Gasteiger charge is 2.16. The van der Waals surface area contributed by atoms with Gasteiger partial charge in [0, 0.05) is 19.1 Å². The predicted octanol–water partition coefficient (Wildman–Crippen LogP) is 0.344. The second kappa shape index (κ2) is 5.60. The molecule has 1 fully saturated rings. The Morgan fingerprint density at radius 3 is 2.30 bits per heavy atom. The van der Waals surface area contributed by atoms with Gasteiger partial charge in [0.1, 0.15) is 0 Å². The highest BCUT2D eigenvalue weighted by molar-refractivity contribution is 5.85. The molecule has 0 aliphatic carbocycles. The Bertz CT molecular complexity index is 123. The van der Waals surface area contributed by atoms with Crippen LogP contribution in [0, 0.1) is 11.5 Å². The molecule has 0 radical (unpaired) electrons. The Labute approximate surface area is 73.0 Å². The van der Waals surface area contributed by atoms with E-state index in [-0.39, 0.29) is 30.9 Å². The van der Waals surface area contributed by atoms with Crippen LogP contribution in [0.3, 0.4) is 0 Å². The van der Waals surface area contributed by atoms with Crippen molar-refractivity contribution in [1.82, 2.24) is 4.90 Å². The first kappa shape index (κ1) is 12.5. The van der Waals surface area contributed by atoms with Crippen molar-refractivity contribution in [2.45, 2.75) is 12.5 Å². The molecule has 0 spiro atoms. The second-order valence-corrected chi connectivity index (χ2v) is 2.09. The number of halogens is 2. The zero-order chi connectivity index (χ0) is 5.98. The van der Waals surface area contributed by atoms with Crippen LogP contribution in [0.1, 0.15) is 6.42 Å². The third-order valence-corrected chi connectivity index (χ3v) is 1.37. The van der Waals surface area contributed by atoms with E-state index < -0.39 is 0 Å². The highest BCUT2D eigenvalue weighted by atomic mass is 35.5. The molecule has 1 heterocycles. The summed E-state index contributed by atoms with van der Waals surface area (Å²) < 4.78 is 0. The molecule has 0 amide bonds. The van der Waals surface area contributed by atoms with E-state index in [2.05, 4.69) is 0 Å². The van der Waals surface area contributed by atoms with Crippen molar-refractivity contribution in [2.75, 3.05) is 13.1 Å². The van der Waals surface area contributed by atoms with Gasteiger partial charge in [-0.2, -0.15) is 5.26 Å². The lowest BCUT2D eigenvalue weighted by Gasteiger charge is -2.02. The lowest BCUT2D eigenvalue weighted by atomic mass is 10.3. The van der Waals surface area contributed by atoms with Crippen LogP contribution in [0.15, 0.2) is 0 Å². The standard InChI is InChI=1S/C5H9N3.2ClH/c6-4-8-2-1-5(7)3-8;;/h5H,1-3,7H2;2*1H/t5-;;/m0../s1. The Kier molecular flexibility index (Phi) is 7.00. The summed E-state index contributed by atoms with van der Waals surface area (Å²) >= 11 is 0. The maximum Gasteiger partial charge on any atom is 0.179 e. The molecule has 60 valence electrons. The Morgan fingerprint density at radius 2 is 2.10 bits per heavy atom. The minimum absolute atomic E-state index is 0. The molecule has 1 aliphatic rings. The summed E-state index contributed by atoms with van der Waals surface area (Å²) in [6.07, 6.45) is 3.01. The number of likely N-dealkylation sites (tertiary alicyclic amines) is 1. The minimum Gasteiger partial charge on any atom is -0.326 e. The van der Waals surface area contributed by atoms with Crippen molar-refractivity contribution in [3.63, 3.8) is 0 Å². The number of nitrogens with two attached hydrogens (primary N) is 1. The van der Waals surface area contributed by atoms with Crippen molar-refractivity contribution >= 4 is 24.8 Å². The fraction of sp³-hybridized carbons (Fsp3) is 0.800. The molecular formula is C5H11Cl2N3. The van der Waals surface area contributed by atoms with Crippen molar-refractivity contribution in [2.24, 2.45) is 5.73 Å². The van der Waals surface area contributed by atoms with Crippen molar-refractivity contribution in [1.29, 1.82) is 5.26 Å². The molecular weight excluding hydrogens is 173 g/mol. The van der Waals surface area contributed by atoms with Gasteiger partial charge in [-0.25, -0.2) is 0 Å². The molecule has 0 aromatic rings. The lowest BCUT2D eigenvalue weighted by molar-refractivity contribution is 0.479. The number of nitrogens with zero attached hydrogens (tertiary/aromatic N) is 2. The van der Waals surface area contributed by atoms with E-state index in [4.69, 9.17) is 11.0 Å². The van der Waals surface area contributed by atoms with Gasteiger partial charge in [-0.05, 0) is 6.42 Å². The summed E-state index contributed by atoms with van der Waals surface area (Å²) in [5, 5.41) is 8.30. The third-order valence-electron chi connectivity index (χ3n) is 1.37. The van der Waals surface area contributed by atoms with E-state index in [0.717, 1.165) is 19.5 Å². The van der Waals surface area contributed by atoms with E-state index in [9.17, 15) is 0 Å². The molecule has 0 bridgehead atoms. The predicted molar refractivity (Wildman–Crippen MR) is 44.3 cm³/mol. The van der Waals surface area contributed by atoms with Crippen LogP contribution in [0.5, 0.6) is 0 Å². The Morgan fingerprint density at radius 1 is 1.50 bits per heavy atom. The maximum atomic E-state index is 8.30. The zero-order valence-electron chi connectivity index (χ0n) is 5.49. The molecule has 2 N–H and O–H groups in total. The van der Waals surface area contributed by atoms with Gasteiger partial charge in [-0.1, -0.05) is 0 Å². The molecule has 3 nitrogen and oxygen atoms in total. The molecule has 10 heavy (non-hydrogen) atoms. The van der Waals surface area contributed by atoms with E-state index in [1.165, 1.54) is 0 Å².